The number of carbonyl (C=O) groups excluding carboxylic acids is 2. The number of hydrogen-bond acceptors (Lipinski definition) is 4. The number of likely N-dealkylation sites (tertiary alicyclic amines) is 1. The Morgan fingerprint density at radius 2 is 1.79 bits per heavy atom. The molecule has 2 amide bonds. The molecule has 0 aliphatic carbocycles. The van der Waals surface area contributed by atoms with E-state index in [9.17, 15) is 9.59 Å². The molecular formula is C23H25N3O3. The van der Waals surface area contributed by atoms with Crippen LogP contribution >= 0.6 is 0 Å². The van der Waals surface area contributed by atoms with Crippen LogP contribution < -0.4 is 10.1 Å². The first kappa shape index (κ1) is 20.4. The van der Waals surface area contributed by atoms with Crippen molar-refractivity contribution >= 4 is 11.8 Å². The molecule has 0 saturated carbocycles. The van der Waals surface area contributed by atoms with Gasteiger partial charge in [-0.3, -0.25) is 9.59 Å². The number of nitrogens with zero attached hydrogens (tertiary/aromatic N) is 2. The third-order valence-electron chi connectivity index (χ3n) is 5.15. The SMILES string of the molecule is CC(Oc1ccccc1C#N)C(=O)N1CCC(C(=O)NCc2ccccc2)CC1. The van der Waals surface area contributed by atoms with E-state index >= 15 is 0 Å². The fourth-order valence-corrected chi connectivity index (χ4v) is 3.45. The van der Waals surface area contributed by atoms with Crippen LogP contribution in [-0.4, -0.2) is 35.9 Å². The van der Waals surface area contributed by atoms with Gasteiger partial charge in [0, 0.05) is 25.6 Å². The van der Waals surface area contributed by atoms with Gasteiger partial charge in [0.25, 0.3) is 5.91 Å². The van der Waals surface area contributed by atoms with Crippen LogP contribution in [0.5, 0.6) is 5.75 Å². The maximum absolute atomic E-state index is 12.7. The number of carbonyl (C=O) groups is 2. The van der Waals surface area contributed by atoms with Crippen LogP contribution in [0.3, 0.4) is 0 Å². The molecule has 1 saturated heterocycles. The Hall–Kier alpha value is -3.33. The van der Waals surface area contributed by atoms with E-state index in [0.717, 1.165) is 5.56 Å². The highest BCUT2D eigenvalue weighted by molar-refractivity contribution is 5.82. The number of rotatable bonds is 6. The number of nitriles is 1. The van der Waals surface area contributed by atoms with Crippen LogP contribution in [0.2, 0.25) is 0 Å². The van der Waals surface area contributed by atoms with Crippen LogP contribution in [0.25, 0.3) is 0 Å². The van der Waals surface area contributed by atoms with Crippen molar-refractivity contribution in [1.29, 1.82) is 5.26 Å². The fourth-order valence-electron chi connectivity index (χ4n) is 3.45. The maximum atomic E-state index is 12.7. The van der Waals surface area contributed by atoms with Gasteiger partial charge in [0.1, 0.15) is 11.8 Å². The lowest BCUT2D eigenvalue weighted by Crippen LogP contribution is -2.47. The van der Waals surface area contributed by atoms with Gasteiger partial charge in [-0.25, -0.2) is 0 Å². The molecule has 1 aliphatic heterocycles. The summed E-state index contributed by atoms with van der Waals surface area (Å²) in [4.78, 5) is 26.9. The minimum Gasteiger partial charge on any atom is -0.480 e. The molecule has 0 spiro atoms. The number of para-hydroxylation sites is 1. The van der Waals surface area contributed by atoms with E-state index in [2.05, 4.69) is 11.4 Å². The summed E-state index contributed by atoms with van der Waals surface area (Å²) < 4.78 is 5.72. The molecule has 1 heterocycles. The van der Waals surface area contributed by atoms with Gasteiger partial charge in [0.2, 0.25) is 5.91 Å². The van der Waals surface area contributed by atoms with E-state index in [0.29, 0.717) is 43.8 Å². The standard InChI is InChI=1S/C23H25N3O3/c1-17(29-21-10-6-5-9-20(21)15-24)23(28)26-13-11-19(12-14-26)22(27)25-16-18-7-3-2-4-8-18/h2-10,17,19H,11-14,16H2,1H3,(H,25,27). The molecule has 6 nitrogen and oxygen atoms in total. The van der Waals surface area contributed by atoms with Crippen LogP contribution in [-0.2, 0) is 16.1 Å². The second-order valence-corrected chi connectivity index (χ2v) is 7.17. The van der Waals surface area contributed by atoms with Crippen LogP contribution in [0.4, 0.5) is 0 Å². The average molecular weight is 391 g/mol. The van der Waals surface area contributed by atoms with E-state index in [1.165, 1.54) is 0 Å². The van der Waals surface area contributed by atoms with Gasteiger partial charge in [-0.2, -0.15) is 5.26 Å². The van der Waals surface area contributed by atoms with Crippen molar-refractivity contribution in [2.75, 3.05) is 13.1 Å². The monoisotopic (exact) mass is 391 g/mol. The number of hydrogen-bond donors (Lipinski definition) is 1. The van der Waals surface area contributed by atoms with Crippen molar-refractivity contribution in [1.82, 2.24) is 10.2 Å². The zero-order valence-electron chi connectivity index (χ0n) is 16.5. The Labute approximate surface area is 171 Å². The van der Waals surface area contributed by atoms with E-state index in [-0.39, 0.29) is 17.7 Å². The van der Waals surface area contributed by atoms with Crippen molar-refractivity contribution in [3.63, 3.8) is 0 Å². The minimum atomic E-state index is -0.687. The van der Waals surface area contributed by atoms with Crippen molar-refractivity contribution in [2.45, 2.75) is 32.4 Å². The number of amides is 2. The van der Waals surface area contributed by atoms with Crippen LogP contribution in [0, 0.1) is 17.2 Å². The van der Waals surface area contributed by atoms with E-state index < -0.39 is 6.10 Å². The highest BCUT2D eigenvalue weighted by atomic mass is 16.5. The van der Waals surface area contributed by atoms with Crippen LogP contribution in [0.15, 0.2) is 54.6 Å². The second kappa shape index (κ2) is 9.74. The molecule has 0 bridgehead atoms. The summed E-state index contributed by atoms with van der Waals surface area (Å²) in [6, 6.07) is 18.7. The summed E-state index contributed by atoms with van der Waals surface area (Å²) >= 11 is 0. The van der Waals surface area contributed by atoms with Gasteiger partial charge in [-0.05, 0) is 37.5 Å². The highest BCUT2D eigenvalue weighted by Crippen LogP contribution is 2.21. The number of ether oxygens (including phenoxy) is 1. The largest absolute Gasteiger partial charge is 0.480 e. The molecule has 3 rings (SSSR count). The first-order valence-corrected chi connectivity index (χ1v) is 9.84. The summed E-state index contributed by atoms with van der Waals surface area (Å²) in [6.45, 7) is 3.25. The Bertz CT molecular complexity index is 884. The summed E-state index contributed by atoms with van der Waals surface area (Å²) in [5, 5.41) is 12.1. The molecular weight excluding hydrogens is 366 g/mol. The Morgan fingerprint density at radius 1 is 1.14 bits per heavy atom. The quantitative estimate of drug-likeness (QED) is 0.821. The fraction of sp³-hybridized carbons (Fsp3) is 0.348. The third-order valence-corrected chi connectivity index (χ3v) is 5.15. The van der Waals surface area contributed by atoms with Crippen molar-refractivity contribution in [2.24, 2.45) is 5.92 Å². The van der Waals surface area contributed by atoms with E-state index in [1.54, 1.807) is 36.1 Å². The molecule has 0 radical (unpaired) electrons. The molecule has 2 aromatic rings. The molecule has 2 aromatic carbocycles. The molecule has 1 aliphatic rings. The predicted octanol–water partition coefficient (Wildman–Crippen LogP) is 2.88. The molecule has 1 unspecified atom stereocenters. The molecule has 29 heavy (non-hydrogen) atoms. The lowest BCUT2D eigenvalue weighted by Gasteiger charge is -2.33. The first-order valence-electron chi connectivity index (χ1n) is 9.84. The average Bonchev–Trinajstić information content (AvgIpc) is 2.78. The lowest BCUT2D eigenvalue weighted by atomic mass is 9.95. The Kier molecular flexibility index (Phi) is 6.85. The lowest BCUT2D eigenvalue weighted by molar-refractivity contribution is -0.141. The number of piperidine rings is 1. The summed E-state index contributed by atoms with van der Waals surface area (Å²) in [5.41, 5.74) is 1.47. The van der Waals surface area contributed by atoms with Crippen molar-refractivity contribution in [3.8, 4) is 11.8 Å². The predicted molar refractivity (Wildman–Crippen MR) is 109 cm³/mol. The van der Waals surface area contributed by atoms with Crippen molar-refractivity contribution < 1.29 is 14.3 Å². The first-order chi connectivity index (χ1) is 14.1. The Morgan fingerprint density at radius 3 is 2.48 bits per heavy atom. The summed E-state index contributed by atoms with van der Waals surface area (Å²) in [6.07, 6.45) is 0.579. The van der Waals surface area contributed by atoms with Gasteiger partial charge in [-0.1, -0.05) is 42.5 Å². The zero-order chi connectivity index (χ0) is 20.6. The van der Waals surface area contributed by atoms with Crippen molar-refractivity contribution in [3.05, 3.63) is 65.7 Å². The Balaban J connectivity index is 1.47. The molecule has 1 N–H and O–H groups in total. The van der Waals surface area contributed by atoms with Gasteiger partial charge in [-0.15, -0.1) is 0 Å². The third kappa shape index (κ3) is 5.35. The summed E-state index contributed by atoms with van der Waals surface area (Å²) in [5.74, 6) is 0.235. The van der Waals surface area contributed by atoms with E-state index in [4.69, 9.17) is 10.00 Å². The van der Waals surface area contributed by atoms with Gasteiger partial charge < -0.3 is 15.0 Å². The molecule has 150 valence electrons. The normalized spacial score (nSPS) is 15.2. The van der Waals surface area contributed by atoms with Gasteiger partial charge >= 0.3 is 0 Å². The zero-order valence-corrected chi connectivity index (χ0v) is 16.5. The maximum Gasteiger partial charge on any atom is 0.263 e. The molecule has 1 atom stereocenters. The molecule has 0 aromatic heterocycles. The number of nitrogens with one attached hydrogen (secondary N) is 1. The molecule has 6 heteroatoms. The molecule has 1 fully saturated rings. The smallest absolute Gasteiger partial charge is 0.263 e. The number of benzene rings is 2. The van der Waals surface area contributed by atoms with Gasteiger partial charge in [0.15, 0.2) is 6.10 Å². The van der Waals surface area contributed by atoms with Crippen LogP contribution in [0.1, 0.15) is 30.9 Å². The second-order valence-electron chi connectivity index (χ2n) is 7.17. The minimum absolute atomic E-state index is 0.0354. The van der Waals surface area contributed by atoms with Gasteiger partial charge in [0.05, 0.1) is 5.56 Å². The van der Waals surface area contributed by atoms with E-state index in [1.807, 2.05) is 30.3 Å². The highest BCUT2D eigenvalue weighted by Gasteiger charge is 2.30. The topological polar surface area (TPSA) is 82.4 Å². The summed E-state index contributed by atoms with van der Waals surface area (Å²) in [7, 11) is 0.